The van der Waals surface area contributed by atoms with Gasteiger partial charge in [0.1, 0.15) is 5.82 Å². The van der Waals surface area contributed by atoms with E-state index in [1.165, 1.54) is 12.8 Å². The lowest BCUT2D eigenvalue weighted by Crippen LogP contribution is -2.20. The van der Waals surface area contributed by atoms with Gasteiger partial charge in [-0.15, -0.1) is 0 Å². The summed E-state index contributed by atoms with van der Waals surface area (Å²) >= 11 is 0. The minimum atomic E-state index is -0.270. The van der Waals surface area contributed by atoms with E-state index in [1.54, 1.807) is 29.2 Å². The Bertz CT molecular complexity index is 1230. The van der Waals surface area contributed by atoms with Gasteiger partial charge < -0.3 is 10.2 Å². The first-order valence-corrected chi connectivity index (χ1v) is 9.98. The number of carbonyl (C=O) groups excluding carboxylic acids is 1. The highest BCUT2D eigenvalue weighted by Crippen LogP contribution is 2.22. The molecule has 8 nitrogen and oxygen atoms in total. The Morgan fingerprint density at radius 3 is 2.73 bits per heavy atom. The molecule has 4 aromatic rings. The molecule has 1 amide bonds. The molecule has 0 saturated carbocycles. The van der Waals surface area contributed by atoms with E-state index >= 15 is 0 Å². The molecule has 1 aliphatic rings. The second-order valence-electron chi connectivity index (χ2n) is 7.32. The van der Waals surface area contributed by atoms with E-state index < -0.39 is 0 Å². The van der Waals surface area contributed by atoms with E-state index in [9.17, 15) is 4.79 Å². The highest BCUT2D eigenvalue weighted by molar-refractivity contribution is 6.03. The Morgan fingerprint density at radius 2 is 1.90 bits per heavy atom. The second kappa shape index (κ2) is 7.55. The Morgan fingerprint density at radius 1 is 1.03 bits per heavy atom. The van der Waals surface area contributed by atoms with Crippen LogP contribution >= 0.6 is 0 Å². The number of hydrogen-bond donors (Lipinski definition) is 1. The first-order chi connectivity index (χ1) is 14.7. The first-order valence-electron chi connectivity index (χ1n) is 9.98. The largest absolute Gasteiger partial charge is 0.357 e. The number of fused-ring (bicyclic) bond motifs is 1. The molecule has 0 unspecified atom stereocenters. The monoisotopic (exact) mass is 399 g/mol. The van der Waals surface area contributed by atoms with Crippen molar-refractivity contribution in [2.75, 3.05) is 23.3 Å². The zero-order valence-corrected chi connectivity index (χ0v) is 16.6. The van der Waals surface area contributed by atoms with Crippen molar-refractivity contribution in [1.82, 2.24) is 24.6 Å². The quantitative estimate of drug-likeness (QED) is 0.566. The minimum Gasteiger partial charge on any atom is -0.357 e. The number of imidazole rings is 1. The molecule has 1 fully saturated rings. The molecule has 0 bridgehead atoms. The number of amides is 1. The van der Waals surface area contributed by atoms with Crippen LogP contribution in [-0.2, 0) is 0 Å². The molecule has 4 aromatic heterocycles. The van der Waals surface area contributed by atoms with Gasteiger partial charge in [-0.2, -0.15) is 5.10 Å². The molecule has 8 heteroatoms. The summed E-state index contributed by atoms with van der Waals surface area (Å²) in [6, 6.07) is 11.3. The molecule has 0 spiro atoms. The van der Waals surface area contributed by atoms with Crippen LogP contribution in [0.5, 0.6) is 0 Å². The summed E-state index contributed by atoms with van der Waals surface area (Å²) in [4.78, 5) is 28.3. The van der Waals surface area contributed by atoms with Crippen LogP contribution in [0.2, 0.25) is 0 Å². The number of anilines is 2. The molecule has 5 heterocycles. The number of hydrogen-bond acceptors (Lipinski definition) is 6. The van der Waals surface area contributed by atoms with Gasteiger partial charge in [-0.1, -0.05) is 0 Å². The predicted octanol–water partition coefficient (Wildman–Crippen LogP) is 3.35. The number of carbonyl (C=O) groups is 1. The number of pyridine rings is 2. The van der Waals surface area contributed by atoms with Crippen molar-refractivity contribution < 1.29 is 4.79 Å². The summed E-state index contributed by atoms with van der Waals surface area (Å²) in [6.07, 6.45) is 7.35. The maximum absolute atomic E-state index is 13.0. The lowest BCUT2D eigenvalue weighted by atomic mass is 10.1. The summed E-state index contributed by atoms with van der Waals surface area (Å²) in [5.74, 6) is 0.615. The van der Waals surface area contributed by atoms with E-state index in [4.69, 9.17) is 0 Å². The van der Waals surface area contributed by atoms with Crippen molar-refractivity contribution in [3.05, 3.63) is 66.4 Å². The Balaban J connectivity index is 1.44. The van der Waals surface area contributed by atoms with E-state index in [1.807, 2.05) is 37.3 Å². The summed E-state index contributed by atoms with van der Waals surface area (Å²) in [5.41, 5.74) is 4.21. The fourth-order valence-corrected chi connectivity index (χ4v) is 3.74. The minimum absolute atomic E-state index is 0.270. The van der Waals surface area contributed by atoms with Crippen molar-refractivity contribution in [3.63, 3.8) is 0 Å². The standard InChI is InChI=1S/C22H21N7O/c1-15-17(5-4-9-23-15)18-6-7-20-25-14-19(29(20)27-18)22(30)26-16-8-10-24-21(13-16)28-11-2-3-12-28/h4-10,13-14H,2-3,11-12H2,1H3,(H,24,26,30). The van der Waals surface area contributed by atoms with Gasteiger partial charge in [0.2, 0.25) is 0 Å². The predicted molar refractivity (Wildman–Crippen MR) is 115 cm³/mol. The molecular weight excluding hydrogens is 378 g/mol. The summed E-state index contributed by atoms with van der Waals surface area (Å²) in [5, 5.41) is 7.59. The average molecular weight is 399 g/mol. The second-order valence-corrected chi connectivity index (χ2v) is 7.32. The van der Waals surface area contributed by atoms with Crippen molar-refractivity contribution in [3.8, 4) is 11.3 Å². The van der Waals surface area contributed by atoms with Crippen molar-refractivity contribution in [1.29, 1.82) is 0 Å². The van der Waals surface area contributed by atoms with Crippen molar-refractivity contribution in [2.45, 2.75) is 19.8 Å². The molecule has 0 radical (unpaired) electrons. The van der Waals surface area contributed by atoms with E-state index in [0.717, 1.165) is 35.9 Å². The number of nitrogens with one attached hydrogen (secondary N) is 1. The number of rotatable bonds is 4. The van der Waals surface area contributed by atoms with Gasteiger partial charge >= 0.3 is 0 Å². The SMILES string of the molecule is Cc1ncccc1-c1ccc2ncc(C(=O)Nc3ccnc(N4CCCC4)c3)n2n1. The maximum atomic E-state index is 13.0. The summed E-state index contributed by atoms with van der Waals surface area (Å²) in [7, 11) is 0. The van der Waals surface area contributed by atoms with E-state index in [2.05, 4.69) is 30.3 Å². The molecule has 1 saturated heterocycles. The number of nitrogens with zero attached hydrogens (tertiary/aromatic N) is 6. The normalized spacial score (nSPS) is 13.7. The highest BCUT2D eigenvalue weighted by Gasteiger charge is 2.17. The van der Waals surface area contributed by atoms with Crippen LogP contribution in [0.4, 0.5) is 11.5 Å². The van der Waals surface area contributed by atoms with Crippen LogP contribution in [0.3, 0.4) is 0 Å². The van der Waals surface area contributed by atoms with Crippen LogP contribution in [0.1, 0.15) is 29.0 Å². The average Bonchev–Trinajstić information content (AvgIpc) is 3.44. The zero-order chi connectivity index (χ0) is 20.5. The Hall–Kier alpha value is -3.81. The molecule has 0 aromatic carbocycles. The highest BCUT2D eigenvalue weighted by atomic mass is 16.2. The summed E-state index contributed by atoms with van der Waals surface area (Å²) in [6.45, 7) is 3.93. The van der Waals surface area contributed by atoms with Gasteiger partial charge in [-0.3, -0.25) is 9.78 Å². The Kier molecular flexibility index (Phi) is 4.59. The van der Waals surface area contributed by atoms with Gasteiger partial charge in [-0.05, 0) is 50.1 Å². The van der Waals surface area contributed by atoms with Gasteiger partial charge in [0.15, 0.2) is 11.3 Å². The smallest absolute Gasteiger partial charge is 0.276 e. The van der Waals surface area contributed by atoms with Crippen LogP contribution in [-0.4, -0.2) is 43.6 Å². The number of aryl methyl sites for hydroxylation is 1. The lowest BCUT2D eigenvalue weighted by Gasteiger charge is -2.17. The fourth-order valence-electron chi connectivity index (χ4n) is 3.74. The maximum Gasteiger partial charge on any atom is 0.276 e. The van der Waals surface area contributed by atoms with Crippen LogP contribution in [0, 0.1) is 6.92 Å². The van der Waals surface area contributed by atoms with E-state index in [-0.39, 0.29) is 5.91 Å². The van der Waals surface area contributed by atoms with Crippen molar-refractivity contribution >= 4 is 23.1 Å². The zero-order valence-electron chi connectivity index (χ0n) is 16.6. The van der Waals surface area contributed by atoms with Crippen LogP contribution in [0.15, 0.2) is 55.0 Å². The fraction of sp³-hybridized carbons (Fsp3) is 0.227. The molecule has 1 aliphatic heterocycles. The van der Waals surface area contributed by atoms with Gasteiger partial charge in [0, 0.05) is 48.5 Å². The molecule has 0 aliphatic carbocycles. The number of aromatic nitrogens is 5. The van der Waals surface area contributed by atoms with E-state index in [0.29, 0.717) is 17.0 Å². The van der Waals surface area contributed by atoms with Crippen LogP contribution < -0.4 is 10.2 Å². The molecular formula is C22H21N7O. The lowest BCUT2D eigenvalue weighted by molar-refractivity contribution is 0.102. The molecule has 150 valence electrons. The van der Waals surface area contributed by atoms with Crippen LogP contribution in [0.25, 0.3) is 16.9 Å². The van der Waals surface area contributed by atoms with Gasteiger partial charge in [-0.25, -0.2) is 14.5 Å². The molecule has 1 N–H and O–H groups in total. The van der Waals surface area contributed by atoms with Crippen molar-refractivity contribution in [2.24, 2.45) is 0 Å². The third-order valence-electron chi connectivity index (χ3n) is 5.31. The summed E-state index contributed by atoms with van der Waals surface area (Å²) < 4.78 is 1.57. The van der Waals surface area contributed by atoms with Gasteiger partial charge in [0.05, 0.1) is 11.9 Å². The molecule has 5 rings (SSSR count). The van der Waals surface area contributed by atoms with Gasteiger partial charge in [0.25, 0.3) is 5.91 Å². The first kappa shape index (κ1) is 18.2. The molecule has 0 atom stereocenters. The molecule has 30 heavy (non-hydrogen) atoms. The Labute approximate surface area is 173 Å². The third-order valence-corrected chi connectivity index (χ3v) is 5.31. The topological polar surface area (TPSA) is 88.3 Å². The third kappa shape index (κ3) is 3.36.